The highest BCUT2D eigenvalue weighted by atomic mass is 32.1. The number of nitrogens with zero attached hydrogens (tertiary/aromatic N) is 3. The number of aromatic nitrogens is 1. The zero-order valence-electron chi connectivity index (χ0n) is 14.5. The molecule has 3 rings (SSSR count). The SMILES string of the molecule is Cc1ccc2nc(NC(=O)CN(C)C(=O)CN3CCNCC3)sc2c1. The number of thiazole rings is 1. The summed E-state index contributed by atoms with van der Waals surface area (Å²) >= 11 is 1.44. The predicted molar refractivity (Wildman–Crippen MR) is 99.9 cm³/mol. The molecule has 8 heteroatoms. The maximum atomic E-state index is 12.2. The monoisotopic (exact) mass is 361 g/mol. The van der Waals surface area contributed by atoms with Gasteiger partial charge in [0, 0.05) is 33.2 Å². The minimum Gasteiger partial charge on any atom is -0.335 e. The van der Waals surface area contributed by atoms with E-state index in [1.165, 1.54) is 16.2 Å². The first-order valence-corrected chi connectivity index (χ1v) is 9.17. The van der Waals surface area contributed by atoms with Crippen LogP contribution in [0.3, 0.4) is 0 Å². The van der Waals surface area contributed by atoms with Crippen LogP contribution in [0, 0.1) is 6.92 Å². The van der Waals surface area contributed by atoms with Crippen LogP contribution in [0.2, 0.25) is 0 Å². The van der Waals surface area contributed by atoms with Gasteiger partial charge in [-0.15, -0.1) is 0 Å². The van der Waals surface area contributed by atoms with Crippen molar-refractivity contribution in [3.05, 3.63) is 23.8 Å². The van der Waals surface area contributed by atoms with Crippen LogP contribution in [-0.2, 0) is 9.59 Å². The summed E-state index contributed by atoms with van der Waals surface area (Å²) in [6.45, 7) is 5.92. The van der Waals surface area contributed by atoms with Gasteiger partial charge < -0.3 is 15.5 Å². The fraction of sp³-hybridized carbons (Fsp3) is 0.471. The molecule has 1 aliphatic heterocycles. The molecule has 1 aromatic heterocycles. The molecule has 2 N–H and O–H groups in total. The second kappa shape index (κ2) is 7.90. The van der Waals surface area contributed by atoms with Gasteiger partial charge in [0.2, 0.25) is 11.8 Å². The Morgan fingerprint density at radius 2 is 2.12 bits per heavy atom. The molecular weight excluding hydrogens is 338 g/mol. The molecule has 25 heavy (non-hydrogen) atoms. The number of carbonyl (C=O) groups excluding carboxylic acids is 2. The van der Waals surface area contributed by atoms with Crippen LogP contribution in [0.25, 0.3) is 10.2 Å². The average molecular weight is 361 g/mol. The second-order valence-corrected chi connectivity index (χ2v) is 7.34. The van der Waals surface area contributed by atoms with E-state index < -0.39 is 0 Å². The lowest BCUT2D eigenvalue weighted by atomic mass is 10.2. The van der Waals surface area contributed by atoms with Gasteiger partial charge in [0.15, 0.2) is 5.13 Å². The third-order valence-electron chi connectivity index (χ3n) is 4.17. The number of anilines is 1. The van der Waals surface area contributed by atoms with E-state index in [1.807, 2.05) is 25.1 Å². The summed E-state index contributed by atoms with van der Waals surface area (Å²) in [6, 6.07) is 5.99. The van der Waals surface area contributed by atoms with Crippen LogP contribution >= 0.6 is 11.3 Å². The molecule has 1 aliphatic rings. The summed E-state index contributed by atoms with van der Waals surface area (Å²) in [5.74, 6) is -0.274. The molecule has 0 spiro atoms. The van der Waals surface area contributed by atoms with Crippen molar-refractivity contribution in [3.8, 4) is 0 Å². The van der Waals surface area contributed by atoms with Gasteiger partial charge in [0.05, 0.1) is 23.3 Å². The Morgan fingerprint density at radius 1 is 1.36 bits per heavy atom. The lowest BCUT2D eigenvalue weighted by Crippen LogP contribution is -2.48. The quantitative estimate of drug-likeness (QED) is 0.828. The zero-order chi connectivity index (χ0) is 17.8. The molecule has 2 heterocycles. The van der Waals surface area contributed by atoms with Gasteiger partial charge in [-0.1, -0.05) is 17.4 Å². The molecule has 7 nitrogen and oxygen atoms in total. The van der Waals surface area contributed by atoms with Crippen molar-refractivity contribution in [3.63, 3.8) is 0 Å². The minimum atomic E-state index is -0.230. The van der Waals surface area contributed by atoms with E-state index >= 15 is 0 Å². The topological polar surface area (TPSA) is 77.6 Å². The van der Waals surface area contributed by atoms with Gasteiger partial charge in [-0.2, -0.15) is 0 Å². The first-order valence-electron chi connectivity index (χ1n) is 8.35. The van der Waals surface area contributed by atoms with Crippen LogP contribution in [0.15, 0.2) is 18.2 Å². The molecule has 1 fully saturated rings. The number of benzene rings is 1. The standard InChI is InChI=1S/C17H23N5O2S/c1-12-3-4-13-14(9-12)25-17(19-13)20-15(23)10-21(2)16(24)11-22-7-5-18-6-8-22/h3-4,9,18H,5-8,10-11H2,1-2H3,(H,19,20,23). The van der Waals surface area contributed by atoms with E-state index in [9.17, 15) is 9.59 Å². The van der Waals surface area contributed by atoms with E-state index in [-0.39, 0.29) is 18.4 Å². The molecule has 2 aromatic rings. The van der Waals surface area contributed by atoms with Crippen LogP contribution in [-0.4, -0.2) is 72.9 Å². The zero-order valence-corrected chi connectivity index (χ0v) is 15.4. The average Bonchev–Trinajstić information content (AvgIpc) is 2.96. The Morgan fingerprint density at radius 3 is 2.88 bits per heavy atom. The van der Waals surface area contributed by atoms with Crippen molar-refractivity contribution in [2.24, 2.45) is 0 Å². The number of likely N-dealkylation sites (N-methyl/N-ethyl adjacent to an activating group) is 1. The van der Waals surface area contributed by atoms with E-state index in [4.69, 9.17) is 0 Å². The van der Waals surface area contributed by atoms with Crippen molar-refractivity contribution in [2.75, 3.05) is 51.6 Å². The second-order valence-electron chi connectivity index (χ2n) is 6.31. The molecule has 134 valence electrons. The van der Waals surface area contributed by atoms with Crippen LogP contribution in [0.4, 0.5) is 5.13 Å². The lowest BCUT2D eigenvalue weighted by molar-refractivity contribution is -0.134. The molecule has 2 amide bonds. The molecule has 1 aromatic carbocycles. The number of hydrogen-bond acceptors (Lipinski definition) is 6. The molecular formula is C17H23N5O2S. The summed E-state index contributed by atoms with van der Waals surface area (Å²) in [5, 5.41) is 6.61. The smallest absolute Gasteiger partial charge is 0.245 e. The first kappa shape index (κ1) is 17.8. The first-order chi connectivity index (χ1) is 12.0. The molecule has 0 unspecified atom stereocenters. The highest BCUT2D eigenvalue weighted by Crippen LogP contribution is 2.26. The fourth-order valence-electron chi connectivity index (χ4n) is 2.73. The van der Waals surface area contributed by atoms with Gasteiger partial charge in [-0.05, 0) is 24.6 Å². The third-order valence-corrected chi connectivity index (χ3v) is 5.10. The van der Waals surface area contributed by atoms with Gasteiger partial charge >= 0.3 is 0 Å². The van der Waals surface area contributed by atoms with Crippen molar-refractivity contribution in [1.29, 1.82) is 0 Å². The molecule has 0 saturated carbocycles. The fourth-order valence-corrected chi connectivity index (χ4v) is 3.71. The van der Waals surface area contributed by atoms with E-state index in [0.717, 1.165) is 42.0 Å². The molecule has 0 bridgehead atoms. The summed E-state index contributed by atoms with van der Waals surface area (Å²) in [5.41, 5.74) is 2.03. The number of piperazine rings is 1. The highest BCUT2D eigenvalue weighted by molar-refractivity contribution is 7.22. The van der Waals surface area contributed by atoms with Crippen LogP contribution in [0.1, 0.15) is 5.56 Å². The minimum absolute atomic E-state index is 0.0277. The number of hydrogen-bond donors (Lipinski definition) is 2. The summed E-state index contributed by atoms with van der Waals surface area (Å²) < 4.78 is 1.04. The van der Waals surface area contributed by atoms with Gasteiger partial charge in [0.1, 0.15) is 0 Å². The van der Waals surface area contributed by atoms with Crippen molar-refractivity contribution < 1.29 is 9.59 Å². The van der Waals surface area contributed by atoms with E-state index in [0.29, 0.717) is 11.7 Å². The van der Waals surface area contributed by atoms with E-state index in [2.05, 4.69) is 20.5 Å². The number of amides is 2. The van der Waals surface area contributed by atoms with Gasteiger partial charge in [-0.3, -0.25) is 14.5 Å². The maximum absolute atomic E-state index is 12.2. The Labute approximate surface area is 151 Å². The number of carbonyl (C=O) groups is 2. The Hall–Kier alpha value is -2.03. The summed E-state index contributed by atoms with van der Waals surface area (Å²) in [4.78, 5) is 32.4. The van der Waals surface area contributed by atoms with Gasteiger partial charge in [-0.25, -0.2) is 4.98 Å². The molecule has 0 radical (unpaired) electrons. The number of aryl methyl sites for hydroxylation is 1. The largest absolute Gasteiger partial charge is 0.335 e. The Bertz CT molecular complexity index is 769. The van der Waals surface area contributed by atoms with Crippen molar-refractivity contribution in [2.45, 2.75) is 6.92 Å². The Balaban J connectivity index is 1.52. The number of rotatable bonds is 5. The highest BCUT2D eigenvalue weighted by Gasteiger charge is 2.18. The Kier molecular flexibility index (Phi) is 5.62. The third kappa shape index (κ3) is 4.75. The molecule has 0 aliphatic carbocycles. The van der Waals surface area contributed by atoms with E-state index in [1.54, 1.807) is 7.05 Å². The number of nitrogens with one attached hydrogen (secondary N) is 2. The maximum Gasteiger partial charge on any atom is 0.245 e. The van der Waals surface area contributed by atoms with Crippen LogP contribution < -0.4 is 10.6 Å². The lowest BCUT2D eigenvalue weighted by Gasteiger charge is -2.28. The van der Waals surface area contributed by atoms with Crippen molar-refractivity contribution >= 4 is 38.5 Å². The number of fused-ring (bicyclic) bond motifs is 1. The molecule has 1 saturated heterocycles. The van der Waals surface area contributed by atoms with Gasteiger partial charge in [0.25, 0.3) is 0 Å². The van der Waals surface area contributed by atoms with Crippen LogP contribution in [0.5, 0.6) is 0 Å². The van der Waals surface area contributed by atoms with Crippen molar-refractivity contribution in [1.82, 2.24) is 20.1 Å². The normalized spacial score (nSPS) is 15.3. The predicted octanol–water partition coefficient (Wildman–Crippen LogP) is 0.907. The molecule has 0 atom stereocenters. The summed E-state index contributed by atoms with van der Waals surface area (Å²) in [6.07, 6.45) is 0. The summed E-state index contributed by atoms with van der Waals surface area (Å²) in [7, 11) is 1.66.